The Bertz CT molecular complexity index is 1150. The number of nitrogens with two attached hydrogens (primary N) is 2. The van der Waals surface area contributed by atoms with Crippen molar-refractivity contribution in [1.82, 2.24) is 14.9 Å². The Kier molecular flexibility index (Phi) is 5.64. The van der Waals surface area contributed by atoms with Crippen LogP contribution >= 0.6 is 0 Å². The third-order valence-corrected chi connectivity index (χ3v) is 5.71. The topological polar surface area (TPSA) is 124 Å². The molecule has 32 heavy (non-hydrogen) atoms. The molecule has 5 N–H and O–H groups in total. The standard InChI is InChI=1S/C23H27N7O2/c24-23(25)29-22-17-5-4-16(26-7-10-30-8-1-2-9-30)13-18(17)27-21(28-22)12-15-3-6-19-20(11-15)32-14-31-19/h3-6,11,13,26H,1-2,7-10,12,14H2,(H4,24,25,27,28,29). The van der Waals surface area contributed by atoms with Crippen LogP contribution in [-0.2, 0) is 6.42 Å². The van der Waals surface area contributed by atoms with E-state index in [9.17, 15) is 0 Å². The first-order valence-corrected chi connectivity index (χ1v) is 10.9. The first-order chi connectivity index (χ1) is 15.6. The van der Waals surface area contributed by atoms with Gasteiger partial charge in [-0.05, 0) is 61.8 Å². The van der Waals surface area contributed by atoms with E-state index in [1.165, 1.54) is 25.9 Å². The van der Waals surface area contributed by atoms with Gasteiger partial charge < -0.3 is 31.2 Å². The van der Waals surface area contributed by atoms with Crippen molar-refractivity contribution in [3.63, 3.8) is 0 Å². The van der Waals surface area contributed by atoms with Crippen molar-refractivity contribution in [3.8, 4) is 11.5 Å². The monoisotopic (exact) mass is 433 g/mol. The van der Waals surface area contributed by atoms with E-state index in [0.717, 1.165) is 46.7 Å². The average Bonchev–Trinajstić information content (AvgIpc) is 3.45. The highest BCUT2D eigenvalue weighted by molar-refractivity contribution is 5.92. The summed E-state index contributed by atoms with van der Waals surface area (Å²) in [5.74, 6) is 2.54. The molecule has 0 amide bonds. The maximum absolute atomic E-state index is 5.65. The predicted octanol–water partition coefficient (Wildman–Crippen LogP) is 2.36. The number of likely N-dealkylation sites (tertiary alicyclic amines) is 1. The fraction of sp³-hybridized carbons (Fsp3) is 0.348. The Labute approximate surface area is 186 Å². The Morgan fingerprint density at radius 1 is 1.03 bits per heavy atom. The second kappa shape index (κ2) is 8.88. The quantitative estimate of drug-likeness (QED) is 0.383. The van der Waals surface area contributed by atoms with Crippen LogP contribution in [0.5, 0.6) is 11.5 Å². The molecule has 1 aromatic heterocycles. The molecule has 2 aromatic carbocycles. The van der Waals surface area contributed by atoms with Crippen molar-refractivity contribution >= 4 is 28.4 Å². The molecule has 5 rings (SSSR count). The lowest BCUT2D eigenvalue weighted by atomic mass is 10.1. The highest BCUT2D eigenvalue weighted by Gasteiger charge is 2.15. The summed E-state index contributed by atoms with van der Waals surface area (Å²) in [7, 11) is 0. The zero-order valence-electron chi connectivity index (χ0n) is 17.9. The Morgan fingerprint density at radius 3 is 2.72 bits per heavy atom. The van der Waals surface area contributed by atoms with Crippen LogP contribution in [0.1, 0.15) is 24.2 Å². The van der Waals surface area contributed by atoms with Gasteiger partial charge in [-0.1, -0.05) is 6.07 Å². The van der Waals surface area contributed by atoms with E-state index in [0.29, 0.717) is 18.1 Å². The molecule has 0 atom stereocenters. The van der Waals surface area contributed by atoms with Crippen molar-refractivity contribution in [3.05, 3.63) is 47.8 Å². The lowest BCUT2D eigenvalue weighted by molar-refractivity contribution is 0.174. The molecule has 0 radical (unpaired) electrons. The van der Waals surface area contributed by atoms with E-state index in [1.807, 2.05) is 36.4 Å². The van der Waals surface area contributed by atoms with E-state index in [1.54, 1.807) is 0 Å². The molecule has 3 heterocycles. The Balaban J connectivity index is 1.41. The highest BCUT2D eigenvalue weighted by Crippen LogP contribution is 2.33. The predicted molar refractivity (Wildman–Crippen MR) is 125 cm³/mol. The second-order valence-corrected chi connectivity index (χ2v) is 8.07. The number of fused-ring (bicyclic) bond motifs is 2. The molecule has 0 spiro atoms. The molecule has 3 aromatic rings. The van der Waals surface area contributed by atoms with Gasteiger partial charge >= 0.3 is 0 Å². The Hall–Kier alpha value is -3.59. The number of hydrogen-bond donors (Lipinski definition) is 3. The molecular formula is C23H27N7O2. The SMILES string of the molecule is NC(N)=Nc1nc(Cc2ccc3c(c2)OCO3)nc2cc(NCCN3CCCC3)ccc12. The van der Waals surface area contributed by atoms with Crippen LogP contribution in [0.4, 0.5) is 11.5 Å². The summed E-state index contributed by atoms with van der Waals surface area (Å²) < 4.78 is 10.9. The van der Waals surface area contributed by atoms with Crippen LogP contribution in [-0.4, -0.2) is 53.8 Å². The van der Waals surface area contributed by atoms with Crippen LogP contribution in [0, 0.1) is 0 Å². The molecule has 166 valence electrons. The van der Waals surface area contributed by atoms with Gasteiger partial charge in [-0.3, -0.25) is 0 Å². The zero-order valence-corrected chi connectivity index (χ0v) is 17.9. The molecule has 0 unspecified atom stereocenters. The number of nitrogens with zero attached hydrogens (tertiary/aromatic N) is 4. The van der Waals surface area contributed by atoms with Crippen LogP contribution in [0.3, 0.4) is 0 Å². The summed E-state index contributed by atoms with van der Waals surface area (Å²) in [6.45, 7) is 4.56. The summed E-state index contributed by atoms with van der Waals surface area (Å²) in [5.41, 5.74) is 14.1. The van der Waals surface area contributed by atoms with Gasteiger partial charge in [0.1, 0.15) is 5.82 Å². The summed E-state index contributed by atoms with van der Waals surface area (Å²) in [4.78, 5) is 16.1. The first kappa shape index (κ1) is 20.3. The fourth-order valence-electron chi connectivity index (χ4n) is 4.15. The maximum atomic E-state index is 5.65. The van der Waals surface area contributed by atoms with Crippen LogP contribution in [0.25, 0.3) is 10.9 Å². The number of aromatic nitrogens is 2. The maximum Gasteiger partial charge on any atom is 0.231 e. The summed E-state index contributed by atoms with van der Waals surface area (Å²) in [6.07, 6.45) is 3.12. The number of anilines is 1. The highest BCUT2D eigenvalue weighted by atomic mass is 16.7. The third kappa shape index (κ3) is 4.52. The number of ether oxygens (including phenoxy) is 2. The molecule has 0 aliphatic carbocycles. The lowest BCUT2D eigenvalue weighted by Gasteiger charge is -2.15. The number of aliphatic imine (C=N–C) groups is 1. The molecule has 1 fully saturated rings. The van der Waals surface area contributed by atoms with Crippen LogP contribution < -0.4 is 26.3 Å². The third-order valence-electron chi connectivity index (χ3n) is 5.71. The fourth-order valence-corrected chi connectivity index (χ4v) is 4.15. The molecule has 2 aliphatic heterocycles. The van der Waals surface area contributed by atoms with Gasteiger partial charge in [0.25, 0.3) is 0 Å². The van der Waals surface area contributed by atoms with Crippen molar-refractivity contribution in [2.45, 2.75) is 19.3 Å². The van der Waals surface area contributed by atoms with Crippen molar-refractivity contribution in [2.24, 2.45) is 16.5 Å². The summed E-state index contributed by atoms with van der Waals surface area (Å²) in [5, 5.41) is 4.31. The molecular weight excluding hydrogens is 406 g/mol. The van der Waals surface area contributed by atoms with Gasteiger partial charge in [0.05, 0.1) is 5.52 Å². The van der Waals surface area contributed by atoms with E-state index >= 15 is 0 Å². The average molecular weight is 434 g/mol. The molecule has 1 saturated heterocycles. The molecule has 2 aliphatic rings. The Morgan fingerprint density at radius 2 is 1.88 bits per heavy atom. The summed E-state index contributed by atoms with van der Waals surface area (Å²) >= 11 is 0. The van der Waals surface area contributed by atoms with Gasteiger partial charge in [-0.25, -0.2) is 9.97 Å². The zero-order chi connectivity index (χ0) is 21.9. The first-order valence-electron chi connectivity index (χ1n) is 10.9. The van der Waals surface area contributed by atoms with Gasteiger partial charge in [-0.15, -0.1) is 0 Å². The van der Waals surface area contributed by atoms with Crippen molar-refractivity contribution in [1.29, 1.82) is 0 Å². The van der Waals surface area contributed by atoms with Gasteiger partial charge in [0, 0.05) is 30.6 Å². The van der Waals surface area contributed by atoms with Crippen molar-refractivity contribution < 1.29 is 9.47 Å². The lowest BCUT2D eigenvalue weighted by Crippen LogP contribution is -2.25. The van der Waals surface area contributed by atoms with E-state index in [4.69, 9.17) is 25.9 Å². The molecule has 9 nitrogen and oxygen atoms in total. The van der Waals surface area contributed by atoms with Crippen molar-refractivity contribution in [2.75, 3.05) is 38.3 Å². The number of guanidine groups is 1. The largest absolute Gasteiger partial charge is 0.454 e. The van der Waals surface area contributed by atoms with Gasteiger partial charge in [0.2, 0.25) is 6.79 Å². The van der Waals surface area contributed by atoms with E-state index in [-0.39, 0.29) is 12.8 Å². The van der Waals surface area contributed by atoms with Crippen LogP contribution in [0.15, 0.2) is 41.4 Å². The normalized spacial score (nSPS) is 15.2. The minimum atomic E-state index is -0.0353. The number of hydrogen-bond acceptors (Lipinski definition) is 7. The van der Waals surface area contributed by atoms with Gasteiger partial charge in [0.15, 0.2) is 23.3 Å². The number of benzene rings is 2. The van der Waals surface area contributed by atoms with Gasteiger partial charge in [-0.2, -0.15) is 4.99 Å². The number of rotatable bonds is 7. The smallest absolute Gasteiger partial charge is 0.231 e. The molecule has 0 bridgehead atoms. The number of nitrogens with one attached hydrogen (secondary N) is 1. The molecule has 9 heteroatoms. The molecule has 0 saturated carbocycles. The van der Waals surface area contributed by atoms with E-state index < -0.39 is 0 Å². The minimum absolute atomic E-state index is 0.0353. The van der Waals surface area contributed by atoms with Crippen LogP contribution in [0.2, 0.25) is 0 Å². The second-order valence-electron chi connectivity index (χ2n) is 8.07. The minimum Gasteiger partial charge on any atom is -0.454 e. The van der Waals surface area contributed by atoms with E-state index in [2.05, 4.69) is 20.2 Å². The summed E-state index contributed by atoms with van der Waals surface area (Å²) in [6, 6.07) is 11.8.